The zero-order valence-electron chi connectivity index (χ0n) is 9.08. The molecule has 0 aliphatic carbocycles. The zero-order valence-corrected chi connectivity index (χ0v) is 9.08. The van der Waals surface area contributed by atoms with Crippen LogP contribution in [0.15, 0.2) is 36.1 Å². The van der Waals surface area contributed by atoms with Crippen LogP contribution in [-0.2, 0) is 9.53 Å². The lowest BCUT2D eigenvalue weighted by molar-refractivity contribution is -0.120. The second-order valence-electron chi connectivity index (χ2n) is 3.34. The summed E-state index contributed by atoms with van der Waals surface area (Å²) < 4.78 is 5.41. The average Bonchev–Trinajstić information content (AvgIpc) is 2.21. The number of allylic oxidation sites excluding steroid dienone is 3. The number of nitrogens with one attached hydrogen (secondary N) is 1. The number of amides is 1. The molecule has 1 aliphatic heterocycles. The minimum atomic E-state index is 0.0639. The fraction of sp³-hybridized carbons (Fsp3) is 0.417. The van der Waals surface area contributed by atoms with Gasteiger partial charge in [0.2, 0.25) is 5.91 Å². The van der Waals surface area contributed by atoms with Crippen LogP contribution < -0.4 is 5.32 Å². The summed E-state index contributed by atoms with van der Waals surface area (Å²) in [6.45, 7) is 7.01. The Morgan fingerprint density at radius 2 is 2.33 bits per heavy atom. The highest BCUT2D eigenvalue weighted by molar-refractivity contribution is 5.76. The van der Waals surface area contributed by atoms with Crippen LogP contribution in [0.2, 0.25) is 0 Å². The number of carbonyl (C=O) groups excluding carboxylic acids is 1. The summed E-state index contributed by atoms with van der Waals surface area (Å²) in [6, 6.07) is 0. The highest BCUT2D eigenvalue weighted by Gasteiger charge is 2.03. The molecule has 0 radical (unpaired) electrons. The van der Waals surface area contributed by atoms with Crippen molar-refractivity contribution in [2.45, 2.75) is 19.8 Å². The smallest absolute Gasteiger partial charge is 0.220 e. The highest BCUT2D eigenvalue weighted by Crippen LogP contribution is 2.10. The van der Waals surface area contributed by atoms with Crippen molar-refractivity contribution in [3.05, 3.63) is 36.1 Å². The Bertz CT molecular complexity index is 303. The van der Waals surface area contributed by atoms with Gasteiger partial charge in [-0.1, -0.05) is 18.2 Å². The van der Waals surface area contributed by atoms with Crippen LogP contribution in [0.3, 0.4) is 0 Å². The molecule has 82 valence electrons. The second-order valence-corrected chi connectivity index (χ2v) is 3.34. The molecular weight excluding hydrogens is 190 g/mol. The van der Waals surface area contributed by atoms with Crippen LogP contribution in [0.5, 0.6) is 0 Å². The molecule has 15 heavy (non-hydrogen) atoms. The van der Waals surface area contributed by atoms with Crippen molar-refractivity contribution in [3.63, 3.8) is 0 Å². The second kappa shape index (κ2) is 6.06. The van der Waals surface area contributed by atoms with E-state index in [0.717, 1.165) is 11.3 Å². The third-order valence-corrected chi connectivity index (χ3v) is 2.03. The number of rotatable bonds is 2. The first-order valence-corrected chi connectivity index (χ1v) is 5.18. The normalized spacial score (nSPS) is 23.7. The molecular formula is C12H17NO2. The van der Waals surface area contributed by atoms with E-state index in [9.17, 15) is 4.79 Å². The third-order valence-electron chi connectivity index (χ3n) is 2.03. The third kappa shape index (κ3) is 4.49. The number of hydrogen-bond donors (Lipinski definition) is 1. The van der Waals surface area contributed by atoms with Crippen molar-refractivity contribution in [2.75, 3.05) is 13.2 Å². The minimum absolute atomic E-state index is 0.0639. The van der Waals surface area contributed by atoms with E-state index in [1.807, 2.05) is 25.2 Å². The lowest BCUT2D eigenvalue weighted by atomic mass is 10.1. The Morgan fingerprint density at radius 1 is 1.53 bits per heavy atom. The largest absolute Gasteiger partial charge is 0.494 e. The van der Waals surface area contributed by atoms with E-state index >= 15 is 0 Å². The molecule has 0 aromatic rings. The van der Waals surface area contributed by atoms with E-state index in [1.54, 1.807) is 0 Å². The molecule has 0 bridgehead atoms. The molecule has 1 N–H and O–H groups in total. The predicted octanol–water partition coefficient (Wildman–Crippen LogP) is 1.93. The molecule has 3 nitrogen and oxygen atoms in total. The summed E-state index contributed by atoms with van der Waals surface area (Å²) in [4.78, 5) is 11.2. The molecule has 3 heteroatoms. The highest BCUT2D eigenvalue weighted by atomic mass is 16.5. The van der Waals surface area contributed by atoms with Gasteiger partial charge in [-0.05, 0) is 25.5 Å². The SMILES string of the molecule is C=C1/C=C(OCC)\C=C/CNC(=O)CC1. The van der Waals surface area contributed by atoms with Crippen LogP contribution in [0.4, 0.5) is 0 Å². The van der Waals surface area contributed by atoms with Gasteiger partial charge in [-0.25, -0.2) is 0 Å². The molecule has 0 fully saturated rings. The molecule has 1 rings (SSSR count). The van der Waals surface area contributed by atoms with Crippen LogP contribution >= 0.6 is 0 Å². The Balaban J connectivity index is 2.71. The van der Waals surface area contributed by atoms with Crippen LogP contribution in [0.1, 0.15) is 19.8 Å². The van der Waals surface area contributed by atoms with Crippen LogP contribution in [0.25, 0.3) is 0 Å². The van der Waals surface area contributed by atoms with Gasteiger partial charge in [0.1, 0.15) is 5.76 Å². The maximum absolute atomic E-state index is 11.2. The lowest BCUT2D eigenvalue weighted by Crippen LogP contribution is -2.23. The van der Waals surface area contributed by atoms with E-state index in [0.29, 0.717) is 26.0 Å². The molecule has 0 atom stereocenters. The first-order chi connectivity index (χ1) is 7.22. The summed E-state index contributed by atoms with van der Waals surface area (Å²) in [5.74, 6) is 0.868. The molecule has 1 heterocycles. The van der Waals surface area contributed by atoms with Gasteiger partial charge in [-0.15, -0.1) is 0 Å². The maximum Gasteiger partial charge on any atom is 0.220 e. The Hall–Kier alpha value is -1.51. The van der Waals surface area contributed by atoms with Gasteiger partial charge in [-0.2, -0.15) is 0 Å². The number of carbonyl (C=O) groups is 1. The van der Waals surface area contributed by atoms with Crippen molar-refractivity contribution >= 4 is 5.91 Å². The fourth-order valence-electron chi connectivity index (χ4n) is 1.29. The Labute approximate surface area is 90.5 Å². The van der Waals surface area contributed by atoms with Crippen molar-refractivity contribution in [2.24, 2.45) is 0 Å². The molecule has 1 aliphatic rings. The standard InChI is InChI=1S/C12H17NO2/c1-3-15-11-5-4-8-13-12(14)7-6-10(2)9-11/h4-5,9H,2-3,6-8H2,1H3,(H,13,14)/b5-4-,11-9+. The van der Waals surface area contributed by atoms with Gasteiger partial charge >= 0.3 is 0 Å². The molecule has 0 aromatic heterocycles. The van der Waals surface area contributed by atoms with Gasteiger partial charge in [0.15, 0.2) is 0 Å². The molecule has 0 saturated heterocycles. The number of ether oxygens (including phenoxy) is 1. The lowest BCUT2D eigenvalue weighted by Gasteiger charge is -2.08. The zero-order chi connectivity index (χ0) is 11.1. The van der Waals surface area contributed by atoms with E-state index in [-0.39, 0.29) is 5.91 Å². The van der Waals surface area contributed by atoms with Crippen molar-refractivity contribution in [1.29, 1.82) is 0 Å². The summed E-state index contributed by atoms with van der Waals surface area (Å²) in [6.07, 6.45) is 6.79. The van der Waals surface area contributed by atoms with Crippen molar-refractivity contribution in [3.8, 4) is 0 Å². The minimum Gasteiger partial charge on any atom is -0.494 e. The van der Waals surface area contributed by atoms with Gasteiger partial charge in [0, 0.05) is 13.0 Å². The first kappa shape index (κ1) is 11.6. The molecule has 0 saturated carbocycles. The van der Waals surface area contributed by atoms with E-state index in [4.69, 9.17) is 4.74 Å². The van der Waals surface area contributed by atoms with Gasteiger partial charge in [0.05, 0.1) is 6.61 Å². The van der Waals surface area contributed by atoms with E-state index in [2.05, 4.69) is 11.9 Å². The Kier molecular flexibility index (Phi) is 4.68. The van der Waals surface area contributed by atoms with Gasteiger partial charge in [0.25, 0.3) is 0 Å². The fourth-order valence-corrected chi connectivity index (χ4v) is 1.29. The average molecular weight is 207 g/mol. The van der Waals surface area contributed by atoms with Gasteiger partial charge in [-0.3, -0.25) is 4.79 Å². The Morgan fingerprint density at radius 3 is 3.07 bits per heavy atom. The van der Waals surface area contributed by atoms with E-state index < -0.39 is 0 Å². The first-order valence-electron chi connectivity index (χ1n) is 5.18. The summed E-state index contributed by atoms with van der Waals surface area (Å²) in [7, 11) is 0. The molecule has 0 unspecified atom stereocenters. The van der Waals surface area contributed by atoms with Gasteiger partial charge < -0.3 is 10.1 Å². The van der Waals surface area contributed by atoms with Crippen LogP contribution in [0, 0.1) is 0 Å². The van der Waals surface area contributed by atoms with Crippen molar-refractivity contribution < 1.29 is 9.53 Å². The summed E-state index contributed by atoms with van der Waals surface area (Å²) >= 11 is 0. The topological polar surface area (TPSA) is 38.3 Å². The summed E-state index contributed by atoms with van der Waals surface area (Å²) in [5, 5.41) is 2.79. The van der Waals surface area contributed by atoms with Crippen molar-refractivity contribution in [1.82, 2.24) is 5.32 Å². The summed E-state index contributed by atoms with van der Waals surface area (Å²) in [5.41, 5.74) is 0.917. The molecule has 1 amide bonds. The molecule has 0 spiro atoms. The maximum atomic E-state index is 11.2. The van der Waals surface area contributed by atoms with Crippen LogP contribution in [-0.4, -0.2) is 19.1 Å². The van der Waals surface area contributed by atoms with E-state index in [1.165, 1.54) is 0 Å². The molecule has 0 aromatic carbocycles. The quantitative estimate of drug-likeness (QED) is 0.751. The monoisotopic (exact) mass is 207 g/mol. The number of hydrogen-bond acceptors (Lipinski definition) is 2. The predicted molar refractivity (Wildman–Crippen MR) is 60.2 cm³/mol.